The lowest BCUT2D eigenvalue weighted by atomic mass is 9.86. The van der Waals surface area contributed by atoms with Crippen LogP contribution in [0, 0.1) is 5.92 Å². The zero-order chi connectivity index (χ0) is 17.4. The van der Waals surface area contributed by atoms with Crippen LogP contribution < -0.4 is 9.32 Å². The van der Waals surface area contributed by atoms with Gasteiger partial charge in [-0.15, -0.1) is 0 Å². The lowest BCUT2D eigenvalue weighted by Gasteiger charge is -2.21. The van der Waals surface area contributed by atoms with Gasteiger partial charge in [-0.25, -0.2) is 8.42 Å². The number of hydrogen-bond acceptors (Lipinski definition) is 5. The van der Waals surface area contributed by atoms with Gasteiger partial charge in [0.2, 0.25) is 9.84 Å². The van der Waals surface area contributed by atoms with Gasteiger partial charge in [-0.2, -0.15) is 13.6 Å². The van der Waals surface area contributed by atoms with E-state index < -0.39 is 20.1 Å². The molecule has 132 valence electrons. The van der Waals surface area contributed by atoms with Gasteiger partial charge in [-0.3, -0.25) is 0 Å². The number of allylic oxidation sites excluding steroid dienone is 1. The maximum absolute atomic E-state index is 12.7. The molecule has 0 aromatic heterocycles. The summed E-state index contributed by atoms with van der Waals surface area (Å²) in [4.78, 5) is 0.484. The Bertz CT molecular complexity index is 866. The van der Waals surface area contributed by atoms with Crippen molar-refractivity contribution in [1.29, 1.82) is 0 Å². The predicted octanol–water partition coefficient (Wildman–Crippen LogP) is 2.76. The zero-order valence-electron chi connectivity index (χ0n) is 13.3. The third-order valence-corrected chi connectivity index (χ3v) is 7.04. The molecule has 1 aliphatic carbocycles. The van der Waals surface area contributed by atoms with E-state index in [9.17, 15) is 16.8 Å². The van der Waals surface area contributed by atoms with Crippen LogP contribution in [0.25, 0.3) is 6.08 Å². The molecule has 2 aliphatic rings. The van der Waals surface area contributed by atoms with Gasteiger partial charge in [0.05, 0.1) is 4.90 Å². The molecule has 0 atom stereocenters. The van der Waals surface area contributed by atoms with E-state index in [2.05, 4.69) is 4.18 Å². The van der Waals surface area contributed by atoms with E-state index in [0.29, 0.717) is 22.8 Å². The van der Waals surface area contributed by atoms with Gasteiger partial charge in [0.25, 0.3) is 0 Å². The van der Waals surface area contributed by atoms with Gasteiger partial charge in [-0.05, 0) is 42.5 Å². The number of benzene rings is 1. The first-order valence-electron chi connectivity index (χ1n) is 8.08. The molecule has 1 saturated carbocycles. The van der Waals surface area contributed by atoms with Crippen LogP contribution in [-0.4, -0.2) is 16.8 Å². The zero-order valence-corrected chi connectivity index (χ0v) is 14.9. The first-order chi connectivity index (χ1) is 11.3. The number of sulfone groups is 1. The lowest BCUT2D eigenvalue weighted by Crippen LogP contribution is -2.19. The Labute approximate surface area is 142 Å². The van der Waals surface area contributed by atoms with Crippen LogP contribution in [0.5, 0.6) is 5.75 Å². The fourth-order valence-electron chi connectivity index (χ4n) is 3.47. The summed E-state index contributed by atoms with van der Waals surface area (Å²) in [6.45, 7) is 0. The highest BCUT2D eigenvalue weighted by Crippen LogP contribution is 2.39. The summed E-state index contributed by atoms with van der Waals surface area (Å²) in [5.74, 6) is 0.501. The van der Waals surface area contributed by atoms with Crippen molar-refractivity contribution >= 4 is 26.2 Å². The Morgan fingerprint density at radius 2 is 1.88 bits per heavy atom. The Balaban J connectivity index is 1.77. The first kappa shape index (κ1) is 17.4. The molecule has 1 aromatic carbocycles. The van der Waals surface area contributed by atoms with Gasteiger partial charge in [0.15, 0.2) is 0 Å². The molecule has 1 heterocycles. The van der Waals surface area contributed by atoms with Crippen LogP contribution in [0.15, 0.2) is 28.0 Å². The van der Waals surface area contributed by atoms with E-state index in [4.69, 9.17) is 5.14 Å². The summed E-state index contributed by atoms with van der Waals surface area (Å²) in [6, 6.07) is 4.17. The first-order valence-corrected chi connectivity index (χ1v) is 11.0. The van der Waals surface area contributed by atoms with Gasteiger partial charge >= 0.3 is 10.3 Å². The highest BCUT2D eigenvalue weighted by Gasteiger charge is 2.30. The topological polar surface area (TPSA) is 104 Å². The van der Waals surface area contributed by atoms with Crippen molar-refractivity contribution in [3.05, 3.63) is 28.7 Å². The minimum Gasteiger partial charge on any atom is -0.371 e. The molecule has 2 N–H and O–H groups in total. The molecule has 0 bridgehead atoms. The average Bonchev–Trinajstić information content (AvgIpc) is 2.76. The number of nitrogens with two attached hydrogens (primary N) is 1. The third-order valence-electron chi connectivity index (χ3n) is 4.67. The molecule has 0 radical (unpaired) electrons. The summed E-state index contributed by atoms with van der Waals surface area (Å²) in [6.07, 6.45) is 9.14. The van der Waals surface area contributed by atoms with Crippen LogP contribution in [0.3, 0.4) is 0 Å². The van der Waals surface area contributed by atoms with Gasteiger partial charge in [-0.1, -0.05) is 32.1 Å². The average molecular weight is 371 g/mol. The second-order valence-corrected chi connectivity index (χ2v) is 9.56. The van der Waals surface area contributed by atoms with Crippen molar-refractivity contribution in [3.8, 4) is 5.75 Å². The quantitative estimate of drug-likeness (QED) is 0.857. The summed E-state index contributed by atoms with van der Waals surface area (Å²) in [7, 11) is -7.76. The summed E-state index contributed by atoms with van der Waals surface area (Å²) in [5, 5.41) is 4.83. The van der Waals surface area contributed by atoms with E-state index in [1.165, 1.54) is 44.2 Å². The molecule has 8 heteroatoms. The smallest absolute Gasteiger partial charge is 0.371 e. The van der Waals surface area contributed by atoms with Gasteiger partial charge in [0.1, 0.15) is 5.75 Å². The lowest BCUT2D eigenvalue weighted by molar-refractivity contribution is 0.340. The molecule has 0 unspecified atom stereocenters. The standard InChI is InChI=1S/C16H21NO5S2/c17-24(20,21)22-14-8-7-13-10-15(23(18,19)16(13)11-14)9-6-12-4-2-1-3-5-12/h7-8,10-12H,1-6,9H2,(H2,17,20,21). The second-order valence-electron chi connectivity index (χ2n) is 6.43. The van der Waals surface area contributed by atoms with Gasteiger partial charge < -0.3 is 4.18 Å². The van der Waals surface area contributed by atoms with Crippen LogP contribution in [0.2, 0.25) is 0 Å². The van der Waals surface area contributed by atoms with E-state index in [1.807, 2.05) is 0 Å². The van der Waals surface area contributed by atoms with E-state index in [0.717, 1.165) is 6.42 Å². The molecule has 6 nitrogen and oxygen atoms in total. The fourth-order valence-corrected chi connectivity index (χ4v) is 5.51. The summed E-state index contributed by atoms with van der Waals surface area (Å²) in [5.41, 5.74) is 0.565. The molecule has 1 aliphatic heterocycles. The van der Waals surface area contributed by atoms with Crippen molar-refractivity contribution in [1.82, 2.24) is 0 Å². The van der Waals surface area contributed by atoms with Crippen LogP contribution in [0.4, 0.5) is 0 Å². The Morgan fingerprint density at radius 1 is 1.17 bits per heavy atom. The SMILES string of the molecule is NS(=O)(=O)Oc1ccc2c(c1)S(=O)(=O)C(CCC1CCCCC1)=C2. The summed E-state index contributed by atoms with van der Waals surface area (Å²) >= 11 is 0. The maximum Gasteiger partial charge on any atom is 0.380 e. The summed E-state index contributed by atoms with van der Waals surface area (Å²) < 4.78 is 51.9. The third kappa shape index (κ3) is 3.81. The molecule has 3 rings (SSSR count). The molecular weight excluding hydrogens is 350 g/mol. The number of rotatable bonds is 5. The Morgan fingerprint density at radius 3 is 2.54 bits per heavy atom. The minimum absolute atomic E-state index is 0.0855. The largest absolute Gasteiger partial charge is 0.380 e. The molecule has 0 saturated heterocycles. The Hall–Kier alpha value is -1.38. The van der Waals surface area contributed by atoms with Crippen molar-refractivity contribution in [2.45, 2.75) is 49.8 Å². The second kappa shape index (κ2) is 6.50. The molecule has 0 spiro atoms. The van der Waals surface area contributed by atoms with Crippen LogP contribution >= 0.6 is 0 Å². The van der Waals surface area contributed by atoms with Crippen molar-refractivity contribution in [2.75, 3.05) is 0 Å². The van der Waals surface area contributed by atoms with Crippen molar-refractivity contribution < 1.29 is 21.0 Å². The highest BCUT2D eigenvalue weighted by atomic mass is 32.2. The molecule has 24 heavy (non-hydrogen) atoms. The molecule has 1 fully saturated rings. The van der Waals surface area contributed by atoms with Gasteiger partial charge in [0, 0.05) is 11.0 Å². The normalized spacial score (nSPS) is 20.5. The predicted molar refractivity (Wildman–Crippen MR) is 91.1 cm³/mol. The maximum atomic E-state index is 12.7. The monoisotopic (exact) mass is 371 g/mol. The number of hydrogen-bond donors (Lipinski definition) is 1. The van der Waals surface area contributed by atoms with E-state index in [-0.39, 0.29) is 10.6 Å². The van der Waals surface area contributed by atoms with Crippen molar-refractivity contribution in [2.24, 2.45) is 11.1 Å². The minimum atomic E-state index is -4.18. The number of fused-ring (bicyclic) bond motifs is 1. The van der Waals surface area contributed by atoms with Crippen LogP contribution in [0.1, 0.15) is 50.5 Å². The van der Waals surface area contributed by atoms with Crippen LogP contribution in [-0.2, 0) is 20.1 Å². The molecule has 1 aromatic rings. The Kier molecular flexibility index (Phi) is 4.72. The fraction of sp³-hybridized carbons (Fsp3) is 0.500. The van der Waals surface area contributed by atoms with Crippen molar-refractivity contribution in [3.63, 3.8) is 0 Å². The highest BCUT2D eigenvalue weighted by molar-refractivity contribution is 7.95. The van der Waals surface area contributed by atoms with E-state index >= 15 is 0 Å². The molecular formula is C16H21NO5S2. The van der Waals surface area contributed by atoms with E-state index in [1.54, 1.807) is 12.1 Å². The molecule has 0 amide bonds.